The quantitative estimate of drug-likeness (QED) is 0.900. The maximum absolute atomic E-state index is 5.73. The molecule has 2 aliphatic rings. The highest BCUT2D eigenvalue weighted by atomic mass is 16.5. The number of nitrogens with zero attached hydrogens (tertiary/aromatic N) is 1. The Kier molecular flexibility index (Phi) is 5.75. The van der Waals surface area contributed by atoms with E-state index in [0.717, 1.165) is 63.7 Å². The number of nitrogens with one attached hydrogen (secondary N) is 1. The average molecular weight is 320 g/mol. The maximum atomic E-state index is 5.73. The topological polar surface area (TPSA) is 43.0 Å². The van der Waals surface area contributed by atoms with Crippen LogP contribution in [0.15, 0.2) is 18.2 Å². The van der Waals surface area contributed by atoms with Crippen molar-refractivity contribution in [3.8, 4) is 11.5 Å². The van der Waals surface area contributed by atoms with E-state index < -0.39 is 0 Å². The molecule has 1 aromatic rings. The molecule has 0 amide bonds. The van der Waals surface area contributed by atoms with E-state index >= 15 is 0 Å². The van der Waals surface area contributed by atoms with E-state index in [1.807, 2.05) is 6.07 Å². The summed E-state index contributed by atoms with van der Waals surface area (Å²) in [6.45, 7) is 5.96. The van der Waals surface area contributed by atoms with E-state index in [0.29, 0.717) is 12.0 Å². The van der Waals surface area contributed by atoms with E-state index in [4.69, 9.17) is 14.2 Å². The van der Waals surface area contributed by atoms with Gasteiger partial charge in [-0.1, -0.05) is 12.1 Å². The van der Waals surface area contributed by atoms with Gasteiger partial charge in [0.15, 0.2) is 11.5 Å². The Labute approximate surface area is 138 Å². The summed E-state index contributed by atoms with van der Waals surface area (Å²) in [5, 5.41) is 3.45. The van der Waals surface area contributed by atoms with Crippen LogP contribution in [0.3, 0.4) is 0 Å². The standard InChI is InChI=1S/C18H28N2O3/c1-21-16-5-3-4-15(18(16)22-2)17(14-6-12-23-13-7-14)20-10-8-19-9-11-20/h3-5,14,17,19H,6-13H2,1-2H3/t17-/m0/s1. The van der Waals surface area contributed by atoms with Crippen LogP contribution in [0.25, 0.3) is 0 Å². The van der Waals surface area contributed by atoms with Crippen molar-refractivity contribution < 1.29 is 14.2 Å². The van der Waals surface area contributed by atoms with Gasteiger partial charge < -0.3 is 19.5 Å². The minimum absolute atomic E-state index is 0.367. The van der Waals surface area contributed by atoms with Gasteiger partial charge in [0.05, 0.1) is 14.2 Å². The summed E-state index contributed by atoms with van der Waals surface area (Å²) in [6.07, 6.45) is 2.21. The Morgan fingerprint density at radius 2 is 1.87 bits per heavy atom. The van der Waals surface area contributed by atoms with Crippen molar-refractivity contribution in [1.82, 2.24) is 10.2 Å². The smallest absolute Gasteiger partial charge is 0.165 e. The highest BCUT2D eigenvalue weighted by Crippen LogP contribution is 2.42. The first-order chi connectivity index (χ1) is 11.3. The van der Waals surface area contributed by atoms with Gasteiger partial charge in [0.1, 0.15) is 0 Å². The van der Waals surface area contributed by atoms with E-state index in [-0.39, 0.29) is 0 Å². The van der Waals surface area contributed by atoms with Gasteiger partial charge in [-0.3, -0.25) is 4.90 Å². The van der Waals surface area contributed by atoms with Gasteiger partial charge in [0.25, 0.3) is 0 Å². The Morgan fingerprint density at radius 3 is 2.52 bits per heavy atom. The molecule has 5 heteroatoms. The molecule has 2 fully saturated rings. The number of hydrogen-bond acceptors (Lipinski definition) is 5. The summed E-state index contributed by atoms with van der Waals surface area (Å²) < 4.78 is 16.8. The highest BCUT2D eigenvalue weighted by molar-refractivity contribution is 5.48. The molecule has 2 aliphatic heterocycles. The third kappa shape index (κ3) is 3.62. The Bertz CT molecular complexity index is 479. The van der Waals surface area contributed by atoms with E-state index in [1.54, 1.807) is 14.2 Å². The molecular formula is C18H28N2O3. The molecule has 1 aromatic carbocycles. The predicted octanol–water partition coefficient (Wildman–Crippen LogP) is 2.08. The van der Waals surface area contributed by atoms with E-state index in [9.17, 15) is 0 Å². The molecule has 0 saturated carbocycles. The van der Waals surface area contributed by atoms with Crippen LogP contribution in [-0.2, 0) is 4.74 Å². The third-order valence-corrected chi connectivity index (χ3v) is 5.01. The number of benzene rings is 1. The van der Waals surface area contributed by atoms with Gasteiger partial charge >= 0.3 is 0 Å². The first-order valence-corrected chi connectivity index (χ1v) is 8.58. The molecule has 3 rings (SSSR count). The minimum Gasteiger partial charge on any atom is -0.493 e. The van der Waals surface area contributed by atoms with Crippen molar-refractivity contribution in [2.75, 3.05) is 53.6 Å². The van der Waals surface area contributed by atoms with Crippen molar-refractivity contribution in [2.45, 2.75) is 18.9 Å². The van der Waals surface area contributed by atoms with Crippen molar-refractivity contribution in [1.29, 1.82) is 0 Å². The lowest BCUT2D eigenvalue weighted by molar-refractivity contribution is 0.0205. The third-order valence-electron chi connectivity index (χ3n) is 5.01. The molecule has 5 nitrogen and oxygen atoms in total. The lowest BCUT2D eigenvalue weighted by atomic mass is 9.85. The van der Waals surface area contributed by atoms with Gasteiger partial charge in [-0.25, -0.2) is 0 Å². The van der Waals surface area contributed by atoms with Crippen molar-refractivity contribution in [3.05, 3.63) is 23.8 Å². The van der Waals surface area contributed by atoms with Crippen LogP contribution in [0.5, 0.6) is 11.5 Å². The van der Waals surface area contributed by atoms with Crippen LogP contribution in [0.2, 0.25) is 0 Å². The van der Waals surface area contributed by atoms with E-state index in [1.165, 1.54) is 5.56 Å². The zero-order chi connectivity index (χ0) is 16.1. The van der Waals surface area contributed by atoms with Crippen molar-refractivity contribution >= 4 is 0 Å². The summed E-state index contributed by atoms with van der Waals surface area (Å²) in [7, 11) is 3.44. The van der Waals surface area contributed by atoms with Gasteiger partial charge in [0, 0.05) is 51.0 Å². The molecule has 0 aromatic heterocycles. The van der Waals surface area contributed by atoms with Crippen molar-refractivity contribution in [3.63, 3.8) is 0 Å². The minimum atomic E-state index is 0.367. The zero-order valence-electron chi connectivity index (χ0n) is 14.2. The molecule has 0 aliphatic carbocycles. The summed E-state index contributed by atoms with van der Waals surface area (Å²) in [5.41, 5.74) is 1.25. The summed E-state index contributed by atoms with van der Waals surface area (Å²) in [6, 6.07) is 6.61. The largest absolute Gasteiger partial charge is 0.493 e. The molecule has 2 heterocycles. The van der Waals surface area contributed by atoms with Crippen LogP contribution in [0.4, 0.5) is 0 Å². The molecule has 23 heavy (non-hydrogen) atoms. The monoisotopic (exact) mass is 320 g/mol. The maximum Gasteiger partial charge on any atom is 0.165 e. The number of hydrogen-bond donors (Lipinski definition) is 1. The molecule has 0 spiro atoms. The SMILES string of the molecule is COc1cccc([C@H](C2CCOCC2)N2CCNCC2)c1OC. The lowest BCUT2D eigenvalue weighted by Crippen LogP contribution is -2.47. The van der Waals surface area contributed by atoms with Crippen LogP contribution in [-0.4, -0.2) is 58.5 Å². The number of methoxy groups -OCH3 is 2. The molecule has 1 atom stereocenters. The second-order valence-electron chi connectivity index (χ2n) is 6.26. The van der Waals surface area contributed by atoms with Gasteiger partial charge in [-0.05, 0) is 24.8 Å². The van der Waals surface area contributed by atoms with Crippen molar-refractivity contribution in [2.24, 2.45) is 5.92 Å². The van der Waals surface area contributed by atoms with Gasteiger partial charge in [-0.15, -0.1) is 0 Å². The van der Waals surface area contributed by atoms with Crippen LogP contribution in [0, 0.1) is 5.92 Å². The normalized spacial score (nSPS) is 21.8. The number of ether oxygens (including phenoxy) is 3. The van der Waals surface area contributed by atoms with Gasteiger partial charge in [-0.2, -0.15) is 0 Å². The molecule has 128 valence electrons. The fourth-order valence-electron chi connectivity index (χ4n) is 3.89. The molecular weight excluding hydrogens is 292 g/mol. The fraction of sp³-hybridized carbons (Fsp3) is 0.667. The van der Waals surface area contributed by atoms with Crippen LogP contribution in [0.1, 0.15) is 24.4 Å². The van der Waals surface area contributed by atoms with E-state index in [2.05, 4.69) is 22.3 Å². The highest BCUT2D eigenvalue weighted by Gasteiger charge is 2.33. The Balaban J connectivity index is 1.96. The summed E-state index contributed by atoms with van der Waals surface area (Å²) in [4.78, 5) is 2.60. The van der Waals surface area contributed by atoms with Crippen LogP contribution >= 0.6 is 0 Å². The molecule has 2 saturated heterocycles. The average Bonchev–Trinajstić information content (AvgIpc) is 2.63. The number of para-hydroxylation sites is 1. The van der Waals surface area contributed by atoms with Crippen LogP contribution < -0.4 is 14.8 Å². The Morgan fingerprint density at radius 1 is 1.13 bits per heavy atom. The summed E-state index contributed by atoms with van der Waals surface area (Å²) >= 11 is 0. The Hall–Kier alpha value is -1.30. The number of piperazine rings is 1. The second-order valence-corrected chi connectivity index (χ2v) is 6.26. The first-order valence-electron chi connectivity index (χ1n) is 8.58. The molecule has 0 radical (unpaired) electrons. The summed E-state index contributed by atoms with van der Waals surface area (Å²) in [5.74, 6) is 2.30. The zero-order valence-corrected chi connectivity index (χ0v) is 14.2. The molecule has 0 bridgehead atoms. The first kappa shape index (κ1) is 16.6. The molecule has 1 N–H and O–H groups in total. The lowest BCUT2D eigenvalue weighted by Gasteiger charge is -2.41. The predicted molar refractivity (Wildman–Crippen MR) is 90.3 cm³/mol. The van der Waals surface area contributed by atoms with Gasteiger partial charge in [0.2, 0.25) is 0 Å². The fourth-order valence-corrected chi connectivity index (χ4v) is 3.89. The number of rotatable bonds is 5. The second kappa shape index (κ2) is 7.99. The molecule has 0 unspecified atom stereocenters.